The van der Waals surface area contributed by atoms with Gasteiger partial charge in [-0.3, -0.25) is 4.55 Å². The molecule has 0 fully saturated rings. The van der Waals surface area contributed by atoms with Crippen molar-refractivity contribution in [2.75, 3.05) is 0 Å². The second-order valence-corrected chi connectivity index (χ2v) is 14.3. The van der Waals surface area contributed by atoms with Gasteiger partial charge in [-0.25, -0.2) is 0 Å². The van der Waals surface area contributed by atoms with E-state index in [9.17, 15) is 13.0 Å². The zero-order chi connectivity index (χ0) is 23.3. The first kappa shape index (κ1) is 23.2. The molecule has 0 saturated heterocycles. The normalized spacial score (nSPS) is 11.9. The van der Waals surface area contributed by atoms with Crippen LogP contribution < -0.4 is 5.19 Å². The molecule has 4 rings (SSSR count). The van der Waals surface area contributed by atoms with Gasteiger partial charge < -0.3 is 0 Å². The van der Waals surface area contributed by atoms with Crippen molar-refractivity contribution in [3.8, 4) is 0 Å². The van der Waals surface area contributed by atoms with Crippen LogP contribution in [0.3, 0.4) is 0 Å². The molecule has 0 aliphatic carbocycles. The Morgan fingerprint density at radius 2 is 1.03 bits per heavy atom. The lowest BCUT2D eigenvalue weighted by atomic mass is 10.2. The van der Waals surface area contributed by atoms with Gasteiger partial charge >= 0.3 is 0 Å². The van der Waals surface area contributed by atoms with Crippen LogP contribution in [0.5, 0.6) is 0 Å². The molecule has 0 spiro atoms. The SMILES string of the molecule is Cc1ccc(S(=O)(=O)O)c([Si](Cc2ccccc2)(Cc2ccccc2)Cc2ccccc2)c1. The summed E-state index contributed by atoms with van der Waals surface area (Å²) >= 11 is 0. The molecule has 0 saturated carbocycles. The standard InChI is InChI=1S/C28H28O3SSi/c1-23-17-18-27(32(29,30)31)28(19-23)33(20-24-11-5-2-6-12-24,21-25-13-7-3-8-14-25)22-26-15-9-4-10-16-26/h2-19H,20-22H2,1H3,(H,29,30,31). The number of rotatable bonds is 8. The van der Waals surface area contributed by atoms with E-state index in [1.165, 1.54) is 16.7 Å². The molecule has 0 radical (unpaired) electrons. The fourth-order valence-electron chi connectivity index (χ4n) is 4.72. The van der Waals surface area contributed by atoms with Crippen LogP contribution in [0.4, 0.5) is 0 Å². The highest BCUT2D eigenvalue weighted by Crippen LogP contribution is 2.26. The van der Waals surface area contributed by atoms with Crippen LogP contribution in [-0.4, -0.2) is 21.0 Å². The Hall–Kier alpha value is -2.99. The summed E-state index contributed by atoms with van der Waals surface area (Å²) in [6.07, 6.45) is 0. The minimum absolute atomic E-state index is 0.0440. The molecule has 0 unspecified atom stereocenters. The summed E-state index contributed by atoms with van der Waals surface area (Å²) in [6, 6.07) is 38.5. The minimum atomic E-state index is -4.38. The first-order valence-electron chi connectivity index (χ1n) is 11.1. The molecule has 0 amide bonds. The summed E-state index contributed by atoms with van der Waals surface area (Å²) in [6.45, 7) is 1.98. The van der Waals surface area contributed by atoms with Crippen LogP contribution in [-0.2, 0) is 28.3 Å². The van der Waals surface area contributed by atoms with Gasteiger partial charge in [0.15, 0.2) is 0 Å². The maximum absolute atomic E-state index is 12.5. The average Bonchev–Trinajstić information content (AvgIpc) is 2.80. The highest BCUT2D eigenvalue weighted by molar-refractivity contribution is 7.86. The van der Waals surface area contributed by atoms with Gasteiger partial charge in [-0.15, -0.1) is 0 Å². The smallest absolute Gasteiger partial charge is 0.282 e. The third-order valence-corrected chi connectivity index (χ3v) is 12.0. The minimum Gasteiger partial charge on any atom is -0.282 e. The van der Waals surface area contributed by atoms with Crippen LogP contribution in [0.25, 0.3) is 0 Å². The Morgan fingerprint density at radius 1 is 0.636 bits per heavy atom. The van der Waals surface area contributed by atoms with E-state index in [1.807, 2.05) is 67.6 Å². The molecular formula is C28H28O3SSi. The number of hydrogen-bond acceptors (Lipinski definition) is 2. The largest absolute Gasteiger partial charge is 0.294 e. The maximum Gasteiger partial charge on any atom is 0.294 e. The first-order valence-corrected chi connectivity index (χ1v) is 15.1. The summed E-state index contributed by atoms with van der Waals surface area (Å²) in [4.78, 5) is 0.0440. The van der Waals surface area contributed by atoms with Gasteiger partial charge in [-0.1, -0.05) is 125 Å². The summed E-state index contributed by atoms with van der Waals surface area (Å²) in [7, 11) is -6.99. The molecule has 0 atom stereocenters. The predicted molar refractivity (Wildman–Crippen MR) is 137 cm³/mol. The summed E-state index contributed by atoms with van der Waals surface area (Å²) in [5.41, 5.74) is 4.53. The number of benzene rings is 4. The quantitative estimate of drug-likeness (QED) is 0.282. The van der Waals surface area contributed by atoms with Gasteiger partial charge in [0.25, 0.3) is 10.1 Å². The number of hydrogen-bond donors (Lipinski definition) is 1. The predicted octanol–water partition coefficient (Wildman–Crippen LogP) is 5.24. The molecule has 168 valence electrons. The molecule has 0 bridgehead atoms. The fraction of sp³-hybridized carbons (Fsp3) is 0.143. The molecule has 0 heterocycles. The van der Waals surface area contributed by atoms with Crippen LogP contribution in [0.2, 0.25) is 0 Å². The Bertz CT molecular complexity index is 1200. The van der Waals surface area contributed by atoms with Gasteiger partial charge in [0.05, 0.1) is 4.90 Å². The molecular weight excluding hydrogens is 444 g/mol. The monoisotopic (exact) mass is 472 g/mol. The van der Waals surface area contributed by atoms with Gasteiger partial charge in [-0.05, 0) is 36.3 Å². The van der Waals surface area contributed by atoms with Gasteiger partial charge in [0.2, 0.25) is 0 Å². The second kappa shape index (κ2) is 9.87. The third-order valence-electron chi connectivity index (χ3n) is 6.14. The van der Waals surface area contributed by atoms with Gasteiger partial charge in [-0.2, -0.15) is 8.42 Å². The van der Waals surface area contributed by atoms with E-state index in [0.717, 1.165) is 28.9 Å². The Kier molecular flexibility index (Phi) is 6.93. The van der Waals surface area contributed by atoms with Crippen LogP contribution >= 0.6 is 0 Å². The highest BCUT2D eigenvalue weighted by atomic mass is 32.2. The fourth-order valence-corrected chi connectivity index (χ4v) is 11.5. The molecule has 0 aromatic heterocycles. The average molecular weight is 473 g/mol. The van der Waals surface area contributed by atoms with E-state index >= 15 is 0 Å². The van der Waals surface area contributed by atoms with E-state index in [0.29, 0.717) is 0 Å². The molecule has 33 heavy (non-hydrogen) atoms. The molecule has 3 nitrogen and oxygen atoms in total. The molecule has 5 heteroatoms. The summed E-state index contributed by atoms with van der Waals surface area (Å²) in [5.74, 6) is 0. The lowest BCUT2D eigenvalue weighted by molar-refractivity contribution is 0.483. The van der Waals surface area contributed by atoms with Crippen molar-refractivity contribution in [3.05, 3.63) is 131 Å². The summed E-state index contributed by atoms with van der Waals surface area (Å²) < 4.78 is 35.3. The third kappa shape index (κ3) is 5.68. The van der Waals surface area contributed by atoms with E-state index in [4.69, 9.17) is 0 Å². The lowest BCUT2D eigenvalue weighted by Gasteiger charge is -2.35. The zero-order valence-corrected chi connectivity index (χ0v) is 20.5. The Labute approximate surface area is 197 Å². The van der Waals surface area contributed by atoms with Crippen LogP contribution in [0.15, 0.2) is 114 Å². The van der Waals surface area contributed by atoms with Crippen molar-refractivity contribution in [3.63, 3.8) is 0 Å². The van der Waals surface area contributed by atoms with E-state index in [2.05, 4.69) is 36.4 Å². The Balaban J connectivity index is 1.99. The van der Waals surface area contributed by atoms with Crippen molar-refractivity contribution in [1.82, 2.24) is 0 Å². The molecule has 0 aliphatic heterocycles. The topological polar surface area (TPSA) is 54.4 Å². The molecule has 4 aromatic rings. The van der Waals surface area contributed by atoms with Crippen molar-refractivity contribution < 1.29 is 13.0 Å². The molecule has 1 N–H and O–H groups in total. The molecule has 0 aliphatic rings. The Morgan fingerprint density at radius 3 is 1.39 bits per heavy atom. The van der Waals surface area contributed by atoms with Gasteiger partial charge in [0, 0.05) is 0 Å². The van der Waals surface area contributed by atoms with Crippen molar-refractivity contribution >= 4 is 23.4 Å². The maximum atomic E-state index is 12.5. The van der Waals surface area contributed by atoms with Gasteiger partial charge in [0.1, 0.15) is 8.07 Å². The number of aryl methyl sites for hydroxylation is 1. The van der Waals surface area contributed by atoms with Crippen LogP contribution in [0.1, 0.15) is 22.3 Å². The van der Waals surface area contributed by atoms with Crippen molar-refractivity contribution in [1.29, 1.82) is 0 Å². The summed E-state index contributed by atoms with van der Waals surface area (Å²) in [5, 5.41) is 0.793. The first-order chi connectivity index (χ1) is 15.9. The van der Waals surface area contributed by atoms with Crippen molar-refractivity contribution in [2.45, 2.75) is 30.0 Å². The van der Waals surface area contributed by atoms with Crippen molar-refractivity contribution in [2.24, 2.45) is 0 Å². The zero-order valence-electron chi connectivity index (χ0n) is 18.7. The van der Waals surface area contributed by atoms with E-state index < -0.39 is 18.2 Å². The van der Waals surface area contributed by atoms with E-state index in [1.54, 1.807) is 12.1 Å². The molecule has 4 aromatic carbocycles. The highest BCUT2D eigenvalue weighted by Gasteiger charge is 2.39. The lowest BCUT2D eigenvalue weighted by Crippen LogP contribution is -2.57. The second-order valence-electron chi connectivity index (χ2n) is 8.74. The van der Waals surface area contributed by atoms with Crippen LogP contribution in [0, 0.1) is 6.92 Å². The van der Waals surface area contributed by atoms with E-state index in [-0.39, 0.29) is 4.90 Å².